The quantitative estimate of drug-likeness (QED) is 0.789. The SMILES string of the molecule is CCC(CC)(CO)CNS(=O)(=O)c1ccc(Br)s1. The maximum atomic E-state index is 12.0. The molecule has 0 saturated carbocycles. The number of aliphatic hydroxyl groups excluding tert-OH is 1. The number of rotatable bonds is 7. The highest BCUT2D eigenvalue weighted by Gasteiger charge is 2.28. The Kier molecular flexibility index (Phi) is 5.79. The molecule has 0 radical (unpaired) electrons. The molecule has 1 aromatic heterocycles. The Morgan fingerprint density at radius 2 is 2.00 bits per heavy atom. The summed E-state index contributed by atoms with van der Waals surface area (Å²) in [6.45, 7) is 4.15. The van der Waals surface area contributed by atoms with Crippen LogP contribution in [-0.2, 0) is 10.0 Å². The average Bonchev–Trinajstić information content (AvgIpc) is 2.79. The van der Waals surface area contributed by atoms with Crippen molar-refractivity contribution in [1.82, 2.24) is 4.72 Å². The minimum Gasteiger partial charge on any atom is -0.396 e. The van der Waals surface area contributed by atoms with Gasteiger partial charge in [0.2, 0.25) is 10.0 Å². The highest BCUT2D eigenvalue weighted by atomic mass is 79.9. The minimum absolute atomic E-state index is 0.0172. The van der Waals surface area contributed by atoms with Gasteiger partial charge < -0.3 is 5.11 Å². The Labute approximate surface area is 121 Å². The third-order valence-corrected chi connectivity index (χ3v) is 6.80. The average molecular weight is 356 g/mol. The second-order valence-electron chi connectivity index (χ2n) is 4.25. The number of aliphatic hydroxyl groups is 1. The van der Waals surface area contributed by atoms with Crippen LogP contribution in [0.1, 0.15) is 26.7 Å². The molecule has 0 fully saturated rings. The molecule has 7 heteroatoms. The summed E-state index contributed by atoms with van der Waals surface area (Å²) >= 11 is 4.41. The van der Waals surface area contributed by atoms with Crippen LogP contribution in [0.2, 0.25) is 0 Å². The summed E-state index contributed by atoms with van der Waals surface area (Å²) < 4.78 is 27.7. The Bertz CT molecular complexity index is 472. The number of hydrogen-bond acceptors (Lipinski definition) is 4. The summed E-state index contributed by atoms with van der Waals surface area (Å²) in [4.78, 5) is 0. The van der Waals surface area contributed by atoms with E-state index in [0.717, 1.165) is 16.6 Å². The highest BCUT2D eigenvalue weighted by molar-refractivity contribution is 9.11. The van der Waals surface area contributed by atoms with Gasteiger partial charge in [0.15, 0.2) is 0 Å². The van der Waals surface area contributed by atoms with Gasteiger partial charge in [0.05, 0.1) is 3.79 Å². The summed E-state index contributed by atoms with van der Waals surface area (Å²) in [5, 5.41) is 9.41. The maximum Gasteiger partial charge on any atom is 0.250 e. The lowest BCUT2D eigenvalue weighted by molar-refractivity contribution is 0.119. The smallest absolute Gasteiger partial charge is 0.250 e. The molecule has 1 rings (SSSR count). The molecule has 0 bridgehead atoms. The molecule has 0 aromatic carbocycles. The van der Waals surface area contributed by atoms with Gasteiger partial charge in [0, 0.05) is 18.6 Å². The van der Waals surface area contributed by atoms with Gasteiger partial charge in [-0.1, -0.05) is 13.8 Å². The van der Waals surface area contributed by atoms with Crippen molar-refractivity contribution in [2.75, 3.05) is 13.2 Å². The largest absolute Gasteiger partial charge is 0.396 e. The molecular weight excluding hydrogens is 338 g/mol. The van der Waals surface area contributed by atoms with E-state index in [1.165, 1.54) is 11.3 Å². The lowest BCUT2D eigenvalue weighted by Gasteiger charge is -2.29. The molecule has 1 aromatic rings. The molecular formula is C11H18BrNO3S2. The van der Waals surface area contributed by atoms with Gasteiger partial charge in [-0.25, -0.2) is 13.1 Å². The number of thiophene rings is 1. The van der Waals surface area contributed by atoms with E-state index < -0.39 is 10.0 Å². The van der Waals surface area contributed by atoms with Crippen LogP contribution in [0.4, 0.5) is 0 Å². The molecule has 1 heterocycles. The van der Waals surface area contributed by atoms with Crippen molar-refractivity contribution in [3.63, 3.8) is 0 Å². The van der Waals surface area contributed by atoms with Crippen molar-refractivity contribution in [1.29, 1.82) is 0 Å². The molecule has 0 aliphatic rings. The van der Waals surface area contributed by atoms with E-state index >= 15 is 0 Å². The van der Waals surface area contributed by atoms with Crippen LogP contribution in [0.3, 0.4) is 0 Å². The predicted octanol–water partition coefficient (Wildman–Crippen LogP) is 2.59. The van der Waals surface area contributed by atoms with Crippen molar-refractivity contribution in [3.8, 4) is 0 Å². The molecule has 0 saturated heterocycles. The summed E-state index contributed by atoms with van der Waals surface area (Å²) in [5.41, 5.74) is -0.373. The molecule has 2 N–H and O–H groups in total. The monoisotopic (exact) mass is 355 g/mol. The topological polar surface area (TPSA) is 66.4 Å². The van der Waals surface area contributed by atoms with Crippen LogP contribution in [0, 0.1) is 5.41 Å². The zero-order valence-electron chi connectivity index (χ0n) is 10.4. The first-order chi connectivity index (χ1) is 8.39. The van der Waals surface area contributed by atoms with Gasteiger partial charge in [0.1, 0.15) is 4.21 Å². The standard InChI is InChI=1S/C11H18BrNO3S2/c1-3-11(4-2,8-14)7-13-18(15,16)10-6-5-9(12)17-10/h5-6,13-14H,3-4,7-8H2,1-2H3. The summed E-state index contributed by atoms with van der Waals surface area (Å²) in [6.07, 6.45) is 1.47. The molecule has 0 amide bonds. The Hall–Kier alpha value is 0.0500. The molecule has 0 spiro atoms. The van der Waals surface area contributed by atoms with E-state index in [2.05, 4.69) is 20.7 Å². The van der Waals surface area contributed by atoms with E-state index in [4.69, 9.17) is 0 Å². The van der Waals surface area contributed by atoms with Gasteiger partial charge in [-0.2, -0.15) is 0 Å². The van der Waals surface area contributed by atoms with Crippen LogP contribution in [0.15, 0.2) is 20.1 Å². The first kappa shape index (κ1) is 16.1. The first-order valence-corrected chi connectivity index (χ1v) is 8.84. The molecule has 0 aliphatic carbocycles. The van der Waals surface area contributed by atoms with Crippen LogP contribution >= 0.6 is 27.3 Å². The number of sulfonamides is 1. The molecule has 0 atom stereocenters. The van der Waals surface area contributed by atoms with Crippen molar-refractivity contribution in [2.45, 2.75) is 30.9 Å². The third-order valence-electron chi connectivity index (χ3n) is 3.29. The predicted molar refractivity (Wildman–Crippen MR) is 77.3 cm³/mol. The van der Waals surface area contributed by atoms with E-state index in [1.807, 2.05) is 13.8 Å². The van der Waals surface area contributed by atoms with Crippen molar-refractivity contribution in [3.05, 3.63) is 15.9 Å². The fourth-order valence-electron chi connectivity index (χ4n) is 1.54. The van der Waals surface area contributed by atoms with Crippen molar-refractivity contribution >= 4 is 37.3 Å². The Balaban J connectivity index is 2.79. The Morgan fingerprint density at radius 3 is 2.39 bits per heavy atom. The normalized spacial score (nSPS) is 12.9. The van der Waals surface area contributed by atoms with Gasteiger partial charge in [-0.05, 0) is 40.9 Å². The fourth-order valence-corrected chi connectivity index (χ4v) is 4.75. The van der Waals surface area contributed by atoms with Crippen molar-refractivity contribution in [2.24, 2.45) is 5.41 Å². The van der Waals surface area contributed by atoms with E-state index in [1.54, 1.807) is 12.1 Å². The van der Waals surface area contributed by atoms with Gasteiger partial charge in [0.25, 0.3) is 0 Å². The van der Waals surface area contributed by atoms with E-state index in [0.29, 0.717) is 0 Å². The molecule has 0 unspecified atom stereocenters. The zero-order chi connectivity index (χ0) is 13.8. The van der Waals surface area contributed by atoms with E-state index in [-0.39, 0.29) is 22.8 Å². The minimum atomic E-state index is -3.48. The second-order valence-corrected chi connectivity index (χ2v) is 8.71. The summed E-state index contributed by atoms with van der Waals surface area (Å²) in [5.74, 6) is 0. The number of halogens is 1. The van der Waals surface area contributed by atoms with Crippen LogP contribution in [0.5, 0.6) is 0 Å². The summed E-state index contributed by atoms with van der Waals surface area (Å²) in [6, 6.07) is 3.27. The molecule has 4 nitrogen and oxygen atoms in total. The fraction of sp³-hybridized carbons (Fsp3) is 0.636. The molecule has 18 heavy (non-hydrogen) atoms. The number of hydrogen-bond donors (Lipinski definition) is 2. The number of nitrogens with one attached hydrogen (secondary N) is 1. The van der Waals surface area contributed by atoms with Gasteiger partial charge in [-0.15, -0.1) is 11.3 Å². The summed E-state index contributed by atoms with van der Waals surface area (Å²) in [7, 11) is -3.48. The van der Waals surface area contributed by atoms with Gasteiger partial charge >= 0.3 is 0 Å². The van der Waals surface area contributed by atoms with E-state index in [9.17, 15) is 13.5 Å². The maximum absolute atomic E-state index is 12.0. The third kappa shape index (κ3) is 3.77. The van der Waals surface area contributed by atoms with Crippen LogP contribution < -0.4 is 4.72 Å². The van der Waals surface area contributed by atoms with Crippen LogP contribution in [0.25, 0.3) is 0 Å². The highest BCUT2D eigenvalue weighted by Crippen LogP contribution is 2.28. The first-order valence-electron chi connectivity index (χ1n) is 5.75. The second kappa shape index (κ2) is 6.47. The lowest BCUT2D eigenvalue weighted by atomic mass is 9.84. The van der Waals surface area contributed by atoms with Gasteiger partial charge in [-0.3, -0.25) is 0 Å². The van der Waals surface area contributed by atoms with Crippen LogP contribution in [-0.4, -0.2) is 26.7 Å². The zero-order valence-corrected chi connectivity index (χ0v) is 13.7. The molecule has 104 valence electrons. The lowest BCUT2D eigenvalue weighted by Crippen LogP contribution is -2.39. The Morgan fingerprint density at radius 1 is 1.39 bits per heavy atom. The molecule has 0 aliphatic heterocycles. The van der Waals surface area contributed by atoms with Crippen molar-refractivity contribution < 1.29 is 13.5 Å².